The summed E-state index contributed by atoms with van der Waals surface area (Å²) in [5, 5.41) is 19.6. The molecule has 0 radical (unpaired) electrons. The van der Waals surface area contributed by atoms with Gasteiger partial charge in [-0.25, -0.2) is 0 Å². The molecule has 1 atom stereocenters. The first kappa shape index (κ1) is 18.1. The van der Waals surface area contributed by atoms with Gasteiger partial charge >= 0.3 is 0 Å². The van der Waals surface area contributed by atoms with Crippen LogP contribution in [-0.4, -0.2) is 48.1 Å². The molecule has 5 nitrogen and oxygen atoms in total. The van der Waals surface area contributed by atoms with Crippen LogP contribution in [0.15, 0.2) is 41.5 Å². The molecule has 0 aliphatic heterocycles. The van der Waals surface area contributed by atoms with Gasteiger partial charge in [-0.05, 0) is 12.5 Å². The van der Waals surface area contributed by atoms with Crippen LogP contribution in [-0.2, 0) is 13.0 Å². The van der Waals surface area contributed by atoms with Crippen molar-refractivity contribution < 1.29 is 15.1 Å². The van der Waals surface area contributed by atoms with Gasteiger partial charge in [0.15, 0.2) is 0 Å². The molecule has 0 aliphatic rings. The molecule has 2 aromatic rings. The lowest BCUT2D eigenvalue weighted by atomic mass is 10.1. The number of aliphatic imine (C=N–C) groups is 1. The SMILES string of the molecule is Cc1ncc(CO)c(C=NC[C@H](Cc2ccccc2)[NH+](C)C)c1O. The van der Waals surface area contributed by atoms with Crippen LogP contribution in [0.1, 0.15) is 22.4 Å². The minimum Gasteiger partial charge on any atom is -0.505 e. The highest BCUT2D eigenvalue weighted by molar-refractivity contribution is 5.85. The van der Waals surface area contributed by atoms with E-state index in [-0.39, 0.29) is 12.4 Å². The highest BCUT2D eigenvalue weighted by Gasteiger charge is 2.15. The van der Waals surface area contributed by atoms with Crippen LogP contribution in [0.2, 0.25) is 0 Å². The van der Waals surface area contributed by atoms with Crippen molar-refractivity contribution in [3.8, 4) is 5.75 Å². The first-order valence-corrected chi connectivity index (χ1v) is 8.15. The minimum atomic E-state index is -0.172. The van der Waals surface area contributed by atoms with Crippen LogP contribution in [0.25, 0.3) is 0 Å². The first-order chi connectivity index (χ1) is 11.5. The quantitative estimate of drug-likeness (QED) is 0.657. The van der Waals surface area contributed by atoms with Gasteiger partial charge in [-0.2, -0.15) is 0 Å². The van der Waals surface area contributed by atoms with E-state index < -0.39 is 0 Å². The van der Waals surface area contributed by atoms with Crippen LogP contribution in [0.4, 0.5) is 0 Å². The second-order valence-corrected chi connectivity index (χ2v) is 6.25. The second-order valence-electron chi connectivity index (χ2n) is 6.25. The lowest BCUT2D eigenvalue weighted by Crippen LogP contribution is -3.11. The largest absolute Gasteiger partial charge is 0.505 e. The monoisotopic (exact) mass is 328 g/mol. The average Bonchev–Trinajstić information content (AvgIpc) is 2.58. The molecule has 2 rings (SSSR count). The number of aliphatic hydroxyl groups excluding tert-OH is 1. The number of pyridine rings is 1. The number of nitrogens with zero attached hydrogens (tertiary/aromatic N) is 2. The Bertz CT molecular complexity index is 685. The van der Waals surface area contributed by atoms with Crippen molar-refractivity contribution in [2.75, 3.05) is 20.6 Å². The summed E-state index contributed by atoms with van der Waals surface area (Å²) in [6.45, 7) is 2.20. The lowest BCUT2D eigenvalue weighted by molar-refractivity contribution is -0.883. The molecule has 0 saturated carbocycles. The summed E-state index contributed by atoms with van der Waals surface area (Å²) in [5.41, 5.74) is 2.96. The van der Waals surface area contributed by atoms with E-state index in [2.05, 4.69) is 36.2 Å². The molecule has 0 fully saturated rings. The van der Waals surface area contributed by atoms with Crippen LogP contribution < -0.4 is 4.90 Å². The van der Waals surface area contributed by atoms with E-state index in [1.165, 1.54) is 10.5 Å². The van der Waals surface area contributed by atoms with E-state index >= 15 is 0 Å². The molecule has 5 heteroatoms. The Balaban J connectivity index is 2.12. The number of aromatic nitrogens is 1. The minimum absolute atomic E-state index is 0.0853. The maximum Gasteiger partial charge on any atom is 0.145 e. The fraction of sp³-hybridized carbons (Fsp3) is 0.368. The highest BCUT2D eigenvalue weighted by Crippen LogP contribution is 2.21. The molecule has 0 amide bonds. The standard InChI is InChI=1S/C19H25N3O2/c1-14-19(24)18(16(13-23)10-21-14)12-20-11-17(22(2)3)9-15-7-5-4-6-8-15/h4-8,10,12,17,23-24H,9,11,13H2,1-3H3/p+1/t17-/m0/s1. The fourth-order valence-electron chi connectivity index (χ4n) is 2.54. The highest BCUT2D eigenvalue weighted by atomic mass is 16.3. The molecular formula is C19H26N3O2+. The van der Waals surface area contributed by atoms with Crippen molar-refractivity contribution in [2.45, 2.75) is 26.0 Å². The van der Waals surface area contributed by atoms with Crippen LogP contribution in [0, 0.1) is 6.92 Å². The van der Waals surface area contributed by atoms with Crippen LogP contribution >= 0.6 is 0 Å². The van der Waals surface area contributed by atoms with Gasteiger partial charge in [0, 0.05) is 30.0 Å². The number of aromatic hydroxyl groups is 1. The van der Waals surface area contributed by atoms with Gasteiger partial charge in [-0.15, -0.1) is 0 Å². The van der Waals surface area contributed by atoms with Crippen molar-refractivity contribution in [2.24, 2.45) is 4.99 Å². The van der Waals surface area contributed by atoms with E-state index in [4.69, 9.17) is 0 Å². The number of hydrogen-bond donors (Lipinski definition) is 3. The molecule has 0 unspecified atom stereocenters. The third-order valence-electron chi connectivity index (χ3n) is 4.22. The van der Waals surface area contributed by atoms with E-state index in [0.717, 1.165) is 6.42 Å². The number of likely N-dealkylation sites (N-methyl/N-ethyl adjacent to an activating group) is 1. The Hall–Kier alpha value is -2.24. The lowest BCUT2D eigenvalue weighted by Gasteiger charge is -2.19. The molecule has 0 aliphatic carbocycles. The van der Waals surface area contributed by atoms with Gasteiger partial charge in [0.25, 0.3) is 0 Å². The van der Waals surface area contributed by atoms with E-state index in [9.17, 15) is 10.2 Å². The molecule has 128 valence electrons. The number of quaternary nitrogens is 1. The van der Waals surface area contributed by atoms with Crippen molar-refractivity contribution in [3.63, 3.8) is 0 Å². The van der Waals surface area contributed by atoms with Crippen molar-refractivity contribution >= 4 is 6.21 Å². The van der Waals surface area contributed by atoms with Gasteiger partial charge in [0.05, 0.1) is 32.9 Å². The third-order valence-corrected chi connectivity index (χ3v) is 4.22. The molecule has 1 heterocycles. The summed E-state index contributed by atoms with van der Waals surface area (Å²) in [6.07, 6.45) is 4.17. The number of benzene rings is 1. The molecule has 1 aromatic carbocycles. The topological polar surface area (TPSA) is 70.2 Å². The Kier molecular flexibility index (Phi) is 6.46. The van der Waals surface area contributed by atoms with Gasteiger partial charge in [0.1, 0.15) is 11.8 Å². The molecule has 1 aromatic heterocycles. The fourth-order valence-corrected chi connectivity index (χ4v) is 2.54. The number of aryl methyl sites for hydroxylation is 1. The maximum absolute atomic E-state index is 10.1. The van der Waals surface area contributed by atoms with E-state index in [1.807, 2.05) is 18.2 Å². The zero-order valence-electron chi connectivity index (χ0n) is 14.5. The summed E-state index contributed by atoms with van der Waals surface area (Å²) in [6, 6.07) is 10.7. The number of nitrogens with one attached hydrogen (secondary N) is 1. The predicted molar refractivity (Wildman–Crippen MR) is 95.8 cm³/mol. The Morgan fingerprint density at radius 3 is 2.58 bits per heavy atom. The molecule has 0 spiro atoms. The van der Waals surface area contributed by atoms with Crippen molar-refractivity contribution in [1.29, 1.82) is 0 Å². The Morgan fingerprint density at radius 1 is 1.25 bits per heavy atom. The molecule has 0 saturated heterocycles. The van der Waals surface area contributed by atoms with Gasteiger partial charge < -0.3 is 15.1 Å². The molecule has 24 heavy (non-hydrogen) atoms. The molecule has 3 N–H and O–H groups in total. The number of rotatable bonds is 7. The summed E-state index contributed by atoms with van der Waals surface area (Å²) in [5.74, 6) is 0.0853. The number of aliphatic hydroxyl groups is 1. The molecular weight excluding hydrogens is 302 g/mol. The van der Waals surface area contributed by atoms with E-state index in [1.54, 1.807) is 19.3 Å². The first-order valence-electron chi connectivity index (χ1n) is 8.15. The van der Waals surface area contributed by atoms with Crippen LogP contribution in [0.5, 0.6) is 5.75 Å². The predicted octanol–water partition coefficient (Wildman–Crippen LogP) is 0.763. The van der Waals surface area contributed by atoms with Crippen molar-refractivity contribution in [1.82, 2.24) is 4.98 Å². The van der Waals surface area contributed by atoms with Crippen molar-refractivity contribution in [3.05, 3.63) is 58.9 Å². The zero-order valence-corrected chi connectivity index (χ0v) is 14.5. The maximum atomic E-state index is 10.1. The summed E-state index contributed by atoms with van der Waals surface area (Å²) in [4.78, 5) is 9.91. The summed E-state index contributed by atoms with van der Waals surface area (Å²) in [7, 11) is 4.24. The molecule has 0 bridgehead atoms. The number of hydrogen-bond acceptors (Lipinski definition) is 4. The van der Waals surface area contributed by atoms with Gasteiger partial charge in [-0.3, -0.25) is 9.98 Å². The Labute approximate surface area is 143 Å². The average molecular weight is 328 g/mol. The second kappa shape index (κ2) is 8.57. The normalized spacial score (nSPS) is 12.9. The summed E-state index contributed by atoms with van der Waals surface area (Å²) >= 11 is 0. The van der Waals surface area contributed by atoms with E-state index in [0.29, 0.717) is 29.4 Å². The van der Waals surface area contributed by atoms with Gasteiger partial charge in [-0.1, -0.05) is 30.3 Å². The Morgan fingerprint density at radius 2 is 1.96 bits per heavy atom. The zero-order chi connectivity index (χ0) is 17.5. The van der Waals surface area contributed by atoms with Crippen LogP contribution in [0.3, 0.4) is 0 Å². The smallest absolute Gasteiger partial charge is 0.145 e. The third kappa shape index (κ3) is 4.63. The van der Waals surface area contributed by atoms with Gasteiger partial charge in [0.2, 0.25) is 0 Å². The summed E-state index contributed by atoms with van der Waals surface area (Å²) < 4.78 is 0.